The molecule has 1 saturated carbocycles. The fourth-order valence-electron chi connectivity index (χ4n) is 4.87. The lowest BCUT2D eigenvalue weighted by Gasteiger charge is -2.24. The van der Waals surface area contributed by atoms with Crippen molar-refractivity contribution in [1.29, 1.82) is 0 Å². The molecule has 34 heavy (non-hydrogen) atoms. The zero-order chi connectivity index (χ0) is 23.1. The van der Waals surface area contributed by atoms with E-state index in [-0.39, 0.29) is 12.1 Å². The maximum Gasteiger partial charge on any atom is 0.319 e. The number of carbonyl (C=O) groups excluding carboxylic acids is 1. The van der Waals surface area contributed by atoms with Crippen LogP contribution >= 0.6 is 0 Å². The minimum Gasteiger partial charge on any atom is -0.335 e. The van der Waals surface area contributed by atoms with E-state index in [9.17, 15) is 9.18 Å². The summed E-state index contributed by atoms with van der Waals surface area (Å²) in [5, 5.41) is 10.0. The van der Waals surface area contributed by atoms with Crippen molar-refractivity contribution in [3.8, 4) is 22.4 Å². The highest BCUT2D eigenvalue weighted by atomic mass is 19.1. The van der Waals surface area contributed by atoms with Crippen LogP contribution in [0.5, 0.6) is 0 Å². The summed E-state index contributed by atoms with van der Waals surface area (Å²) in [5.41, 5.74) is 4.92. The lowest BCUT2D eigenvalue weighted by atomic mass is 9.85. The Bertz CT molecular complexity index is 1350. The average molecular weight is 457 g/mol. The highest BCUT2D eigenvalue weighted by Crippen LogP contribution is 2.38. The van der Waals surface area contributed by atoms with Crippen molar-refractivity contribution >= 4 is 11.7 Å². The van der Waals surface area contributed by atoms with E-state index >= 15 is 0 Å². The van der Waals surface area contributed by atoms with E-state index in [1.54, 1.807) is 24.7 Å². The molecule has 1 fully saturated rings. The number of anilines is 1. The van der Waals surface area contributed by atoms with Gasteiger partial charge >= 0.3 is 6.03 Å². The quantitative estimate of drug-likeness (QED) is 0.425. The number of halogens is 1. The van der Waals surface area contributed by atoms with Gasteiger partial charge in [0.05, 0.1) is 30.5 Å². The predicted octanol–water partition coefficient (Wildman–Crippen LogP) is 5.08. The molecule has 0 radical (unpaired) electrons. The molecule has 3 heterocycles. The van der Waals surface area contributed by atoms with Crippen LogP contribution < -0.4 is 10.6 Å². The first-order valence-corrected chi connectivity index (χ1v) is 11.6. The molecule has 1 unspecified atom stereocenters. The Labute approximate surface area is 196 Å². The van der Waals surface area contributed by atoms with Crippen molar-refractivity contribution in [2.75, 3.05) is 11.9 Å². The molecular formula is C26H25FN6O. The summed E-state index contributed by atoms with van der Waals surface area (Å²) in [7, 11) is 0. The Morgan fingerprint density at radius 3 is 2.82 bits per heavy atom. The van der Waals surface area contributed by atoms with Crippen molar-refractivity contribution in [1.82, 2.24) is 24.6 Å². The summed E-state index contributed by atoms with van der Waals surface area (Å²) in [4.78, 5) is 16.8. The van der Waals surface area contributed by atoms with Gasteiger partial charge in [-0.15, -0.1) is 0 Å². The first kappa shape index (κ1) is 20.7. The highest BCUT2D eigenvalue weighted by molar-refractivity contribution is 5.89. The third kappa shape index (κ3) is 3.75. The lowest BCUT2D eigenvalue weighted by molar-refractivity contribution is 0.251. The number of carbonyl (C=O) groups is 1. The molecule has 0 spiro atoms. The number of hydrogen-bond donors (Lipinski definition) is 2. The first-order chi connectivity index (χ1) is 16.7. The van der Waals surface area contributed by atoms with Gasteiger partial charge in [-0.05, 0) is 42.5 Å². The molecule has 4 aromatic rings. The van der Waals surface area contributed by atoms with Gasteiger partial charge in [0.2, 0.25) is 0 Å². The molecule has 2 N–H and O–H groups in total. The van der Waals surface area contributed by atoms with Gasteiger partial charge in [0.25, 0.3) is 0 Å². The van der Waals surface area contributed by atoms with E-state index in [0.29, 0.717) is 23.7 Å². The number of nitrogens with zero attached hydrogens (tertiary/aromatic N) is 4. The zero-order valence-corrected chi connectivity index (χ0v) is 18.6. The van der Waals surface area contributed by atoms with Gasteiger partial charge in [-0.2, -0.15) is 5.10 Å². The summed E-state index contributed by atoms with van der Waals surface area (Å²) < 4.78 is 18.8. The third-order valence-corrected chi connectivity index (χ3v) is 6.89. The molecular weight excluding hydrogens is 431 g/mol. The summed E-state index contributed by atoms with van der Waals surface area (Å²) >= 11 is 0. The van der Waals surface area contributed by atoms with E-state index in [1.807, 2.05) is 29.2 Å². The van der Waals surface area contributed by atoms with Gasteiger partial charge in [0.15, 0.2) is 0 Å². The van der Waals surface area contributed by atoms with Crippen LogP contribution in [0.15, 0.2) is 67.4 Å². The monoisotopic (exact) mass is 456 g/mol. The molecule has 0 saturated heterocycles. The van der Waals surface area contributed by atoms with Crippen molar-refractivity contribution in [3.05, 3.63) is 78.8 Å². The van der Waals surface area contributed by atoms with Crippen LogP contribution in [-0.2, 0) is 6.54 Å². The number of rotatable bonds is 6. The molecule has 1 aliphatic carbocycles. The minimum atomic E-state index is -0.395. The standard InChI is InChI=1S/C26H25FN6O/c27-23-10-19(8-9-20(23)18-11-30-32(15-18)14-17-4-3-5-17)31-26(34)29-13-25-22-7-2-1-6-21(22)24-12-28-16-33(24)25/h1-2,6-12,15-17,25H,3-5,13-14H2,(H2,29,31,34). The second kappa shape index (κ2) is 8.44. The Morgan fingerprint density at radius 1 is 1.12 bits per heavy atom. The third-order valence-electron chi connectivity index (χ3n) is 6.89. The number of nitrogens with one attached hydrogen (secondary N) is 2. The van der Waals surface area contributed by atoms with E-state index in [0.717, 1.165) is 28.9 Å². The summed E-state index contributed by atoms with van der Waals surface area (Å²) in [6.07, 6.45) is 11.0. The van der Waals surface area contributed by atoms with Crippen LogP contribution in [-0.4, -0.2) is 31.9 Å². The Balaban J connectivity index is 1.10. The minimum absolute atomic E-state index is 0.0324. The molecule has 1 aliphatic heterocycles. The zero-order valence-electron chi connectivity index (χ0n) is 18.6. The van der Waals surface area contributed by atoms with Crippen molar-refractivity contribution in [3.63, 3.8) is 0 Å². The second-order valence-electron chi connectivity index (χ2n) is 9.07. The van der Waals surface area contributed by atoms with Crippen LogP contribution in [0.2, 0.25) is 0 Å². The van der Waals surface area contributed by atoms with Crippen LogP contribution in [0.4, 0.5) is 14.9 Å². The van der Waals surface area contributed by atoms with Gasteiger partial charge in [0, 0.05) is 41.7 Å². The number of fused-ring (bicyclic) bond motifs is 3. The van der Waals surface area contributed by atoms with Crippen molar-refractivity contribution in [2.24, 2.45) is 5.92 Å². The Hall–Kier alpha value is -3.94. The van der Waals surface area contributed by atoms with Crippen LogP contribution in [0, 0.1) is 11.7 Å². The Morgan fingerprint density at radius 2 is 2.00 bits per heavy atom. The maximum absolute atomic E-state index is 14.8. The number of hydrogen-bond acceptors (Lipinski definition) is 3. The average Bonchev–Trinajstić information content (AvgIpc) is 3.52. The molecule has 1 atom stereocenters. The van der Waals surface area contributed by atoms with Gasteiger partial charge in [0.1, 0.15) is 5.82 Å². The molecule has 2 aliphatic rings. The van der Waals surface area contributed by atoms with Crippen molar-refractivity contribution in [2.45, 2.75) is 31.8 Å². The molecule has 172 valence electrons. The molecule has 6 rings (SSSR count). The number of aromatic nitrogens is 4. The highest BCUT2D eigenvalue weighted by Gasteiger charge is 2.28. The van der Waals surface area contributed by atoms with Crippen molar-refractivity contribution < 1.29 is 9.18 Å². The Kier molecular flexibility index (Phi) is 5.13. The number of amides is 2. The van der Waals surface area contributed by atoms with E-state index in [1.165, 1.54) is 25.3 Å². The second-order valence-corrected chi connectivity index (χ2v) is 9.07. The van der Waals surface area contributed by atoms with Crippen LogP contribution in [0.25, 0.3) is 22.4 Å². The molecule has 8 heteroatoms. The largest absolute Gasteiger partial charge is 0.335 e. The number of imidazole rings is 1. The van der Waals surface area contributed by atoms with Gasteiger partial charge in [-0.3, -0.25) is 4.68 Å². The summed E-state index contributed by atoms with van der Waals surface area (Å²) in [5.74, 6) is 0.287. The molecule has 2 amide bonds. The van der Waals surface area contributed by atoms with Gasteiger partial charge in [-0.25, -0.2) is 14.2 Å². The normalized spacial score (nSPS) is 16.6. The fraction of sp³-hybridized carbons (Fsp3) is 0.269. The van der Waals surface area contributed by atoms with Gasteiger partial charge < -0.3 is 15.2 Å². The first-order valence-electron chi connectivity index (χ1n) is 11.6. The molecule has 7 nitrogen and oxygen atoms in total. The number of urea groups is 1. The number of benzene rings is 2. The molecule has 2 aromatic carbocycles. The topological polar surface area (TPSA) is 76.8 Å². The smallest absolute Gasteiger partial charge is 0.319 e. The van der Waals surface area contributed by atoms with Crippen LogP contribution in [0.1, 0.15) is 30.9 Å². The lowest BCUT2D eigenvalue weighted by Crippen LogP contribution is -2.33. The fourth-order valence-corrected chi connectivity index (χ4v) is 4.87. The van der Waals surface area contributed by atoms with Crippen LogP contribution in [0.3, 0.4) is 0 Å². The van der Waals surface area contributed by atoms with E-state index < -0.39 is 5.82 Å². The summed E-state index contributed by atoms with van der Waals surface area (Å²) in [6, 6.07) is 12.4. The SMILES string of the molecule is O=C(NCC1c2ccccc2-c2cncn21)Nc1ccc(-c2cnn(CC3CCC3)c2)c(F)c1. The molecule has 2 aromatic heterocycles. The van der Waals surface area contributed by atoms with Gasteiger partial charge in [-0.1, -0.05) is 30.7 Å². The summed E-state index contributed by atoms with van der Waals surface area (Å²) in [6.45, 7) is 1.28. The molecule has 0 bridgehead atoms. The predicted molar refractivity (Wildman–Crippen MR) is 128 cm³/mol. The maximum atomic E-state index is 14.8. The van der Waals surface area contributed by atoms with E-state index in [4.69, 9.17) is 0 Å². The van der Waals surface area contributed by atoms with E-state index in [2.05, 4.69) is 37.4 Å².